The second-order valence-electron chi connectivity index (χ2n) is 5.27. The van der Waals surface area contributed by atoms with Crippen LogP contribution in [-0.2, 0) is 11.3 Å². The highest BCUT2D eigenvalue weighted by Gasteiger charge is 2.17. The number of thioether (sulfide) groups is 1. The molecular weight excluding hydrogens is 324 g/mol. The monoisotopic (exact) mass is 342 g/mol. The minimum atomic E-state index is -0.295. The molecule has 1 N–H and O–H groups in total. The summed E-state index contributed by atoms with van der Waals surface area (Å²) in [5, 5.41) is 3.13. The molecule has 5 nitrogen and oxygen atoms in total. The molecule has 0 saturated carbocycles. The van der Waals surface area contributed by atoms with Crippen molar-refractivity contribution in [3.05, 3.63) is 54.1 Å². The van der Waals surface area contributed by atoms with Gasteiger partial charge < -0.3 is 14.5 Å². The van der Waals surface area contributed by atoms with Crippen molar-refractivity contribution < 1.29 is 13.9 Å². The lowest BCUT2D eigenvalue weighted by molar-refractivity contribution is -0.120. The molecule has 0 spiro atoms. The summed E-state index contributed by atoms with van der Waals surface area (Å²) in [5.41, 5.74) is 2.54. The number of ether oxygens (including phenoxy) is 1. The summed E-state index contributed by atoms with van der Waals surface area (Å²) < 4.78 is 10.8. The van der Waals surface area contributed by atoms with E-state index in [-0.39, 0.29) is 11.2 Å². The molecule has 0 radical (unpaired) electrons. The van der Waals surface area contributed by atoms with Crippen LogP contribution in [0.4, 0.5) is 0 Å². The van der Waals surface area contributed by atoms with Crippen molar-refractivity contribution in [1.82, 2.24) is 10.3 Å². The SMILES string of the molecule is COc1ccc(CNC(=O)C(C)Sc2nc3ccccc3o2)cc1. The van der Waals surface area contributed by atoms with Gasteiger partial charge in [0, 0.05) is 6.54 Å². The summed E-state index contributed by atoms with van der Waals surface area (Å²) >= 11 is 1.31. The number of oxazole rings is 1. The van der Waals surface area contributed by atoms with Gasteiger partial charge in [0.25, 0.3) is 5.22 Å². The molecule has 0 bridgehead atoms. The molecule has 2 aromatic carbocycles. The number of nitrogens with zero attached hydrogens (tertiary/aromatic N) is 1. The zero-order valence-electron chi connectivity index (χ0n) is 13.5. The molecule has 0 aliphatic carbocycles. The van der Waals surface area contributed by atoms with Crippen molar-refractivity contribution >= 4 is 28.8 Å². The third-order valence-electron chi connectivity index (χ3n) is 3.55. The van der Waals surface area contributed by atoms with Crippen molar-refractivity contribution in [3.8, 4) is 5.75 Å². The second kappa shape index (κ2) is 7.40. The van der Waals surface area contributed by atoms with E-state index in [9.17, 15) is 4.79 Å². The summed E-state index contributed by atoms with van der Waals surface area (Å²) in [4.78, 5) is 16.6. The fourth-order valence-electron chi connectivity index (χ4n) is 2.18. The smallest absolute Gasteiger partial charge is 0.257 e. The van der Waals surface area contributed by atoms with Gasteiger partial charge >= 0.3 is 0 Å². The normalized spacial score (nSPS) is 12.1. The van der Waals surface area contributed by atoms with Gasteiger partial charge in [-0.15, -0.1) is 0 Å². The van der Waals surface area contributed by atoms with Gasteiger partial charge in [-0.05, 0) is 36.8 Å². The van der Waals surface area contributed by atoms with Crippen LogP contribution in [-0.4, -0.2) is 23.3 Å². The fourth-order valence-corrected chi connectivity index (χ4v) is 2.96. The minimum absolute atomic E-state index is 0.0573. The van der Waals surface area contributed by atoms with Gasteiger partial charge in [-0.2, -0.15) is 0 Å². The van der Waals surface area contributed by atoms with Crippen LogP contribution >= 0.6 is 11.8 Å². The second-order valence-corrected chi connectivity index (χ2v) is 6.57. The molecule has 1 unspecified atom stereocenters. The molecule has 0 saturated heterocycles. The van der Waals surface area contributed by atoms with Gasteiger partial charge in [0.05, 0.1) is 12.4 Å². The third kappa shape index (κ3) is 3.89. The van der Waals surface area contributed by atoms with Gasteiger partial charge in [-0.25, -0.2) is 4.98 Å². The Morgan fingerprint density at radius 2 is 2.00 bits per heavy atom. The molecule has 0 aliphatic heterocycles. The van der Waals surface area contributed by atoms with Crippen LogP contribution < -0.4 is 10.1 Å². The Labute approximate surface area is 144 Å². The van der Waals surface area contributed by atoms with Crippen molar-refractivity contribution in [2.45, 2.75) is 23.9 Å². The lowest BCUT2D eigenvalue weighted by Gasteiger charge is -2.10. The van der Waals surface area contributed by atoms with Crippen molar-refractivity contribution in [2.24, 2.45) is 0 Å². The largest absolute Gasteiger partial charge is 0.497 e. The first-order valence-corrected chi connectivity index (χ1v) is 8.46. The molecule has 3 aromatic rings. The molecule has 3 rings (SSSR count). The topological polar surface area (TPSA) is 64.4 Å². The summed E-state index contributed by atoms with van der Waals surface area (Å²) in [6.45, 7) is 2.31. The van der Waals surface area contributed by atoms with Crippen LogP contribution in [0.1, 0.15) is 12.5 Å². The lowest BCUT2D eigenvalue weighted by atomic mass is 10.2. The van der Waals surface area contributed by atoms with Gasteiger partial charge in [-0.3, -0.25) is 4.79 Å². The van der Waals surface area contributed by atoms with E-state index in [0.29, 0.717) is 11.8 Å². The number of carbonyl (C=O) groups is 1. The van der Waals surface area contributed by atoms with Crippen LogP contribution in [0.25, 0.3) is 11.1 Å². The number of hydrogen-bond acceptors (Lipinski definition) is 5. The maximum atomic E-state index is 12.2. The highest BCUT2D eigenvalue weighted by Crippen LogP contribution is 2.26. The number of methoxy groups -OCH3 is 1. The van der Waals surface area contributed by atoms with Crippen molar-refractivity contribution in [1.29, 1.82) is 0 Å². The molecule has 1 aromatic heterocycles. The van der Waals surface area contributed by atoms with Crippen LogP contribution in [0.2, 0.25) is 0 Å². The fraction of sp³-hybridized carbons (Fsp3) is 0.222. The summed E-state index contributed by atoms with van der Waals surface area (Å²) in [6.07, 6.45) is 0. The minimum Gasteiger partial charge on any atom is -0.497 e. The molecule has 24 heavy (non-hydrogen) atoms. The van der Waals surface area contributed by atoms with Gasteiger partial charge in [0.1, 0.15) is 11.3 Å². The Morgan fingerprint density at radius 1 is 1.25 bits per heavy atom. The molecule has 1 amide bonds. The number of aromatic nitrogens is 1. The lowest BCUT2D eigenvalue weighted by Crippen LogP contribution is -2.30. The summed E-state index contributed by atoms with van der Waals surface area (Å²) in [5.74, 6) is 0.739. The predicted octanol–water partition coefficient (Wildman–Crippen LogP) is 3.63. The molecule has 0 aliphatic rings. The maximum absolute atomic E-state index is 12.2. The van der Waals surface area contributed by atoms with Crippen LogP contribution in [0.5, 0.6) is 5.75 Å². The Kier molecular flexibility index (Phi) is 5.05. The van der Waals surface area contributed by atoms with E-state index in [1.54, 1.807) is 7.11 Å². The Bertz CT molecular complexity index is 797. The Morgan fingerprint density at radius 3 is 2.71 bits per heavy atom. The van der Waals surface area contributed by atoms with E-state index < -0.39 is 0 Å². The van der Waals surface area contributed by atoms with E-state index in [2.05, 4.69) is 10.3 Å². The average Bonchev–Trinajstić information content (AvgIpc) is 3.02. The standard InChI is InChI=1S/C18H18N2O3S/c1-12(24-18-20-15-5-3-4-6-16(15)23-18)17(21)19-11-13-7-9-14(22-2)10-8-13/h3-10,12H,11H2,1-2H3,(H,19,21). The summed E-state index contributed by atoms with van der Waals surface area (Å²) in [7, 11) is 1.63. The highest BCUT2D eigenvalue weighted by atomic mass is 32.2. The molecule has 1 heterocycles. The number of rotatable bonds is 6. The van der Waals surface area contributed by atoms with Crippen molar-refractivity contribution in [2.75, 3.05) is 7.11 Å². The molecule has 124 valence electrons. The zero-order chi connectivity index (χ0) is 16.9. The van der Waals surface area contributed by atoms with Gasteiger partial charge in [-0.1, -0.05) is 36.0 Å². The first-order valence-electron chi connectivity index (χ1n) is 7.58. The maximum Gasteiger partial charge on any atom is 0.257 e. The van der Waals surface area contributed by atoms with Crippen LogP contribution in [0, 0.1) is 0 Å². The van der Waals surface area contributed by atoms with E-state index in [1.807, 2.05) is 55.5 Å². The van der Waals surface area contributed by atoms with Crippen molar-refractivity contribution in [3.63, 3.8) is 0 Å². The number of para-hydroxylation sites is 2. The third-order valence-corrected chi connectivity index (χ3v) is 4.49. The zero-order valence-corrected chi connectivity index (χ0v) is 14.3. The predicted molar refractivity (Wildman–Crippen MR) is 94.2 cm³/mol. The Hall–Kier alpha value is -2.47. The average molecular weight is 342 g/mol. The van der Waals surface area contributed by atoms with Crippen LogP contribution in [0.15, 0.2) is 58.2 Å². The van der Waals surface area contributed by atoms with Gasteiger partial charge in [0.15, 0.2) is 5.58 Å². The number of hydrogen-bond donors (Lipinski definition) is 1. The van der Waals surface area contributed by atoms with E-state index in [0.717, 1.165) is 22.4 Å². The highest BCUT2D eigenvalue weighted by molar-refractivity contribution is 8.00. The molecule has 1 atom stereocenters. The summed E-state index contributed by atoms with van der Waals surface area (Å²) in [6, 6.07) is 15.2. The number of nitrogens with one attached hydrogen (secondary N) is 1. The first kappa shape index (κ1) is 16.4. The number of benzene rings is 2. The Balaban J connectivity index is 1.55. The quantitative estimate of drug-likeness (QED) is 0.693. The molecule has 0 fully saturated rings. The number of fused-ring (bicyclic) bond motifs is 1. The van der Waals surface area contributed by atoms with E-state index >= 15 is 0 Å². The molecular formula is C18H18N2O3S. The molecule has 6 heteroatoms. The number of amides is 1. The number of carbonyl (C=O) groups excluding carboxylic acids is 1. The van der Waals surface area contributed by atoms with E-state index in [4.69, 9.17) is 9.15 Å². The van der Waals surface area contributed by atoms with E-state index in [1.165, 1.54) is 11.8 Å². The van der Waals surface area contributed by atoms with Crippen LogP contribution in [0.3, 0.4) is 0 Å². The first-order chi connectivity index (χ1) is 11.7. The van der Waals surface area contributed by atoms with Gasteiger partial charge in [0.2, 0.25) is 5.91 Å².